The first-order valence-electron chi connectivity index (χ1n) is 10.9. The van der Waals surface area contributed by atoms with Crippen molar-refractivity contribution >= 4 is 23.0 Å². The Kier molecular flexibility index (Phi) is 6.81. The molecule has 2 N–H and O–H groups in total. The van der Waals surface area contributed by atoms with Crippen LogP contribution in [0, 0.1) is 5.92 Å². The van der Waals surface area contributed by atoms with Gasteiger partial charge in [-0.05, 0) is 11.5 Å². The molecule has 0 aliphatic heterocycles. The molecular weight excluding hydrogens is 452 g/mol. The summed E-state index contributed by atoms with van der Waals surface area (Å²) < 4.78 is 3.90. The van der Waals surface area contributed by atoms with Crippen molar-refractivity contribution in [3.63, 3.8) is 0 Å². The number of hydrogen-bond donors (Lipinski definition) is 2. The van der Waals surface area contributed by atoms with Crippen molar-refractivity contribution in [1.82, 2.24) is 39.5 Å². The molecule has 35 heavy (non-hydrogen) atoms. The van der Waals surface area contributed by atoms with Crippen LogP contribution in [0.3, 0.4) is 0 Å². The van der Waals surface area contributed by atoms with Crippen molar-refractivity contribution in [1.29, 1.82) is 0 Å². The number of benzene rings is 1. The maximum atomic E-state index is 13.3. The predicted molar refractivity (Wildman–Crippen MR) is 126 cm³/mol. The zero-order chi connectivity index (χ0) is 24.9. The van der Waals surface area contributed by atoms with Crippen LogP contribution < -0.4 is 22.1 Å². The van der Waals surface area contributed by atoms with E-state index in [1.165, 1.54) is 29.5 Å². The SMILES string of the molecule is CC(C)Cn1cnc2c1c(=O)n(CC(=O)NNC(=O)c1cnccn1)c(=O)n2Cc1ccccc1. The highest BCUT2D eigenvalue weighted by molar-refractivity contribution is 5.93. The van der Waals surface area contributed by atoms with Crippen LogP contribution in [0.15, 0.2) is 64.8 Å². The fourth-order valence-electron chi connectivity index (χ4n) is 3.61. The monoisotopic (exact) mass is 476 g/mol. The minimum atomic E-state index is -0.762. The molecule has 180 valence electrons. The molecule has 0 radical (unpaired) electrons. The normalized spacial score (nSPS) is 11.1. The van der Waals surface area contributed by atoms with E-state index in [0.29, 0.717) is 6.54 Å². The van der Waals surface area contributed by atoms with Crippen LogP contribution in [0.5, 0.6) is 0 Å². The Hall–Kier alpha value is -4.61. The fraction of sp³-hybridized carbons (Fsp3) is 0.261. The maximum absolute atomic E-state index is 13.3. The lowest BCUT2D eigenvalue weighted by atomic mass is 10.2. The van der Waals surface area contributed by atoms with Gasteiger partial charge in [0.1, 0.15) is 12.2 Å². The Morgan fingerprint density at radius 3 is 2.46 bits per heavy atom. The van der Waals surface area contributed by atoms with Crippen LogP contribution in [-0.4, -0.2) is 40.5 Å². The number of imidazole rings is 1. The van der Waals surface area contributed by atoms with Crippen LogP contribution in [0.25, 0.3) is 11.2 Å². The van der Waals surface area contributed by atoms with E-state index >= 15 is 0 Å². The zero-order valence-corrected chi connectivity index (χ0v) is 19.2. The van der Waals surface area contributed by atoms with Gasteiger partial charge in [0.25, 0.3) is 17.4 Å². The molecule has 0 bridgehead atoms. The number of hydrogen-bond acceptors (Lipinski definition) is 7. The summed E-state index contributed by atoms with van der Waals surface area (Å²) in [6, 6.07) is 9.26. The Labute approximate surface area is 199 Å². The Balaban J connectivity index is 1.68. The van der Waals surface area contributed by atoms with Gasteiger partial charge < -0.3 is 4.57 Å². The molecule has 4 aromatic rings. The maximum Gasteiger partial charge on any atom is 0.333 e. The van der Waals surface area contributed by atoms with Gasteiger partial charge in [0.05, 0.1) is 19.1 Å². The van der Waals surface area contributed by atoms with Gasteiger partial charge in [-0.2, -0.15) is 0 Å². The molecule has 0 aliphatic rings. The van der Waals surface area contributed by atoms with Crippen LogP contribution in [0.4, 0.5) is 0 Å². The Morgan fingerprint density at radius 2 is 1.77 bits per heavy atom. The van der Waals surface area contributed by atoms with Crippen molar-refractivity contribution in [3.05, 3.63) is 87.3 Å². The van der Waals surface area contributed by atoms with Gasteiger partial charge in [-0.1, -0.05) is 44.2 Å². The van der Waals surface area contributed by atoms with Crippen molar-refractivity contribution < 1.29 is 9.59 Å². The number of amides is 2. The number of fused-ring (bicyclic) bond motifs is 1. The number of carbonyl (C=O) groups is 2. The standard InChI is InChI=1S/C23H24N8O4/c1-15(2)11-29-14-26-20-19(29)22(34)31(23(35)30(20)12-16-6-4-3-5-7-16)13-18(32)27-28-21(33)17-10-24-8-9-25-17/h3-10,14-15H,11-13H2,1-2H3,(H,27,32)(H,28,33). The largest absolute Gasteiger partial charge is 0.333 e. The smallest absolute Gasteiger partial charge is 0.324 e. The van der Waals surface area contributed by atoms with Gasteiger partial charge in [0, 0.05) is 18.9 Å². The topological polar surface area (TPSA) is 146 Å². The zero-order valence-electron chi connectivity index (χ0n) is 19.2. The third kappa shape index (κ3) is 5.16. The molecule has 2 amide bonds. The van der Waals surface area contributed by atoms with E-state index in [4.69, 9.17) is 0 Å². The van der Waals surface area contributed by atoms with Crippen molar-refractivity contribution in [2.45, 2.75) is 33.5 Å². The molecule has 0 spiro atoms. The highest BCUT2D eigenvalue weighted by Gasteiger charge is 2.20. The van der Waals surface area contributed by atoms with Crippen molar-refractivity contribution in [2.24, 2.45) is 5.92 Å². The van der Waals surface area contributed by atoms with E-state index in [-0.39, 0.29) is 29.3 Å². The van der Waals surface area contributed by atoms with E-state index in [1.807, 2.05) is 44.2 Å². The summed E-state index contributed by atoms with van der Waals surface area (Å²) in [7, 11) is 0. The van der Waals surface area contributed by atoms with E-state index in [9.17, 15) is 19.2 Å². The molecule has 12 heteroatoms. The van der Waals surface area contributed by atoms with E-state index in [1.54, 1.807) is 4.57 Å². The second-order valence-corrected chi connectivity index (χ2v) is 8.30. The van der Waals surface area contributed by atoms with Gasteiger partial charge >= 0.3 is 5.69 Å². The van der Waals surface area contributed by atoms with Crippen LogP contribution in [0.1, 0.15) is 29.9 Å². The predicted octanol–water partition coefficient (Wildman–Crippen LogP) is 0.315. The highest BCUT2D eigenvalue weighted by Crippen LogP contribution is 2.11. The fourth-order valence-corrected chi connectivity index (χ4v) is 3.61. The average molecular weight is 476 g/mol. The molecule has 0 saturated carbocycles. The molecule has 4 rings (SSSR count). The second kappa shape index (κ2) is 10.1. The molecule has 1 aromatic carbocycles. The van der Waals surface area contributed by atoms with E-state index in [2.05, 4.69) is 25.8 Å². The number of hydrazine groups is 1. The number of rotatable bonds is 7. The van der Waals surface area contributed by atoms with Gasteiger partial charge in [-0.3, -0.25) is 34.8 Å². The summed E-state index contributed by atoms with van der Waals surface area (Å²) in [6.45, 7) is 4.07. The minimum Gasteiger partial charge on any atom is -0.324 e. The summed E-state index contributed by atoms with van der Waals surface area (Å²) in [4.78, 5) is 63.3. The molecule has 0 saturated heterocycles. The average Bonchev–Trinajstić information content (AvgIpc) is 3.27. The molecule has 0 atom stereocenters. The number of carbonyl (C=O) groups excluding carboxylic acids is 2. The number of nitrogens with one attached hydrogen (secondary N) is 2. The summed E-state index contributed by atoms with van der Waals surface area (Å²) in [5.74, 6) is -1.23. The summed E-state index contributed by atoms with van der Waals surface area (Å²) in [6.07, 6.45) is 5.50. The molecule has 0 unspecified atom stereocenters. The van der Waals surface area contributed by atoms with E-state index < -0.39 is 29.6 Å². The lowest BCUT2D eigenvalue weighted by molar-refractivity contribution is -0.122. The van der Waals surface area contributed by atoms with Gasteiger partial charge in [0.15, 0.2) is 11.2 Å². The highest BCUT2D eigenvalue weighted by atomic mass is 16.2. The van der Waals surface area contributed by atoms with Crippen molar-refractivity contribution in [2.75, 3.05) is 0 Å². The third-order valence-corrected chi connectivity index (χ3v) is 5.14. The number of nitrogens with zero attached hydrogens (tertiary/aromatic N) is 6. The molecule has 3 heterocycles. The van der Waals surface area contributed by atoms with Crippen LogP contribution in [-0.2, 0) is 24.4 Å². The van der Waals surface area contributed by atoms with Gasteiger partial charge in [-0.15, -0.1) is 0 Å². The van der Waals surface area contributed by atoms with Crippen molar-refractivity contribution in [3.8, 4) is 0 Å². The quantitative estimate of drug-likeness (QED) is 0.365. The Morgan fingerprint density at radius 1 is 1.00 bits per heavy atom. The first kappa shape index (κ1) is 23.5. The van der Waals surface area contributed by atoms with Gasteiger partial charge in [0.2, 0.25) is 0 Å². The Bertz CT molecular complexity index is 1470. The molecule has 12 nitrogen and oxygen atoms in total. The molecule has 0 fully saturated rings. The molecule has 0 aliphatic carbocycles. The molecular formula is C23H24N8O4. The first-order valence-corrected chi connectivity index (χ1v) is 10.9. The van der Waals surface area contributed by atoms with Crippen LogP contribution in [0.2, 0.25) is 0 Å². The first-order chi connectivity index (χ1) is 16.8. The summed E-state index contributed by atoms with van der Waals surface area (Å²) in [5.41, 5.74) is 4.39. The lowest BCUT2D eigenvalue weighted by Gasteiger charge is -2.14. The molecule has 3 aromatic heterocycles. The lowest BCUT2D eigenvalue weighted by Crippen LogP contribution is -2.48. The van der Waals surface area contributed by atoms with Crippen LogP contribution >= 0.6 is 0 Å². The summed E-state index contributed by atoms with van der Waals surface area (Å²) >= 11 is 0. The van der Waals surface area contributed by atoms with E-state index in [0.717, 1.165) is 10.1 Å². The second-order valence-electron chi connectivity index (χ2n) is 8.30. The summed E-state index contributed by atoms with van der Waals surface area (Å²) in [5, 5.41) is 0. The minimum absolute atomic E-state index is 0.00538. The van der Waals surface area contributed by atoms with Gasteiger partial charge in [-0.25, -0.2) is 19.3 Å². The third-order valence-electron chi connectivity index (χ3n) is 5.14. The number of aromatic nitrogens is 6.